The van der Waals surface area contributed by atoms with E-state index in [1.165, 1.54) is 14.2 Å². The molecule has 0 aromatic carbocycles. The predicted molar refractivity (Wildman–Crippen MR) is 69.6 cm³/mol. The van der Waals surface area contributed by atoms with Gasteiger partial charge in [-0.05, 0) is 25.7 Å². The molecular formula is C11H22N2O5S. The molecule has 1 fully saturated rings. The van der Waals surface area contributed by atoms with E-state index in [0.717, 1.165) is 4.31 Å². The molecule has 0 amide bonds. The van der Waals surface area contributed by atoms with Crippen molar-refractivity contribution in [1.29, 1.82) is 0 Å². The van der Waals surface area contributed by atoms with Gasteiger partial charge in [0, 0.05) is 19.6 Å². The summed E-state index contributed by atoms with van der Waals surface area (Å²) in [7, 11) is -0.901. The lowest BCUT2D eigenvalue weighted by Crippen LogP contribution is -2.45. The molecule has 0 heterocycles. The van der Waals surface area contributed by atoms with Crippen molar-refractivity contribution < 1.29 is 23.1 Å². The number of hydrogen-bond donors (Lipinski definition) is 2. The Kier molecular flexibility index (Phi) is 6.18. The Labute approximate surface area is 114 Å². The van der Waals surface area contributed by atoms with Crippen molar-refractivity contribution in [2.75, 3.05) is 20.7 Å². The molecule has 0 atom stereocenters. The van der Waals surface area contributed by atoms with Crippen molar-refractivity contribution in [2.24, 2.45) is 0 Å². The summed E-state index contributed by atoms with van der Waals surface area (Å²) in [6.45, 7) is 0.0807. The Morgan fingerprint density at radius 3 is 2.47 bits per heavy atom. The van der Waals surface area contributed by atoms with E-state index in [0.29, 0.717) is 25.7 Å². The van der Waals surface area contributed by atoms with Gasteiger partial charge in [0.2, 0.25) is 0 Å². The lowest BCUT2D eigenvalue weighted by atomic mass is 9.94. The van der Waals surface area contributed by atoms with Gasteiger partial charge >= 0.3 is 5.97 Å². The number of nitrogens with zero attached hydrogens (tertiary/aromatic N) is 1. The van der Waals surface area contributed by atoms with E-state index in [2.05, 4.69) is 9.46 Å². The zero-order chi connectivity index (χ0) is 14.5. The quantitative estimate of drug-likeness (QED) is 0.651. The van der Waals surface area contributed by atoms with Crippen molar-refractivity contribution in [3.05, 3.63) is 0 Å². The summed E-state index contributed by atoms with van der Waals surface area (Å²) in [5.74, 6) is -0.442. The molecule has 0 bridgehead atoms. The highest BCUT2D eigenvalue weighted by Gasteiger charge is 2.26. The second kappa shape index (κ2) is 7.18. The molecule has 0 aromatic heterocycles. The van der Waals surface area contributed by atoms with E-state index in [9.17, 15) is 18.3 Å². The molecule has 2 N–H and O–H groups in total. The third kappa shape index (κ3) is 5.43. The highest BCUT2D eigenvalue weighted by Crippen LogP contribution is 2.19. The van der Waals surface area contributed by atoms with E-state index in [1.807, 2.05) is 0 Å². The van der Waals surface area contributed by atoms with Gasteiger partial charge in [-0.1, -0.05) is 0 Å². The number of aliphatic hydroxyl groups excluding tert-OH is 1. The number of hydrogen-bond acceptors (Lipinski definition) is 5. The third-order valence-electron chi connectivity index (χ3n) is 3.28. The van der Waals surface area contributed by atoms with Crippen LogP contribution >= 0.6 is 0 Å². The molecule has 0 spiro atoms. The van der Waals surface area contributed by atoms with Gasteiger partial charge in [0.15, 0.2) is 0 Å². The maximum Gasteiger partial charge on any atom is 0.306 e. The summed E-state index contributed by atoms with van der Waals surface area (Å²) < 4.78 is 32.1. The van der Waals surface area contributed by atoms with Crippen LogP contribution in [-0.4, -0.2) is 56.6 Å². The zero-order valence-electron chi connectivity index (χ0n) is 11.3. The average molecular weight is 294 g/mol. The largest absolute Gasteiger partial charge is 0.469 e. The van der Waals surface area contributed by atoms with Crippen molar-refractivity contribution in [3.8, 4) is 0 Å². The monoisotopic (exact) mass is 294 g/mol. The molecule has 112 valence electrons. The number of nitrogens with one attached hydrogen (secondary N) is 1. The van der Waals surface area contributed by atoms with Gasteiger partial charge in [-0.15, -0.1) is 0 Å². The van der Waals surface area contributed by atoms with Gasteiger partial charge in [0.1, 0.15) is 0 Å². The van der Waals surface area contributed by atoms with Gasteiger partial charge in [-0.2, -0.15) is 17.4 Å². The van der Waals surface area contributed by atoms with Crippen LogP contribution in [0.5, 0.6) is 0 Å². The van der Waals surface area contributed by atoms with E-state index in [1.54, 1.807) is 0 Å². The minimum Gasteiger partial charge on any atom is -0.469 e. The summed E-state index contributed by atoms with van der Waals surface area (Å²) in [4.78, 5) is 11.0. The fourth-order valence-electron chi connectivity index (χ4n) is 1.97. The van der Waals surface area contributed by atoms with Crippen LogP contribution in [0, 0.1) is 0 Å². The Morgan fingerprint density at radius 1 is 1.37 bits per heavy atom. The molecule has 1 rings (SSSR count). The van der Waals surface area contributed by atoms with Crippen LogP contribution in [0.2, 0.25) is 0 Å². The third-order valence-corrected chi connectivity index (χ3v) is 4.92. The second-order valence-corrected chi connectivity index (χ2v) is 6.59. The maximum absolute atomic E-state index is 12.0. The summed E-state index contributed by atoms with van der Waals surface area (Å²) in [5, 5.41) is 9.37. The first-order valence-corrected chi connectivity index (χ1v) is 7.77. The first-order chi connectivity index (χ1) is 8.85. The number of rotatable bonds is 6. The van der Waals surface area contributed by atoms with E-state index in [4.69, 9.17) is 0 Å². The summed E-state index contributed by atoms with van der Waals surface area (Å²) >= 11 is 0. The van der Waals surface area contributed by atoms with Crippen molar-refractivity contribution in [2.45, 2.75) is 44.2 Å². The Bertz CT molecular complexity index is 390. The van der Waals surface area contributed by atoms with Crippen LogP contribution in [0.1, 0.15) is 32.1 Å². The summed E-state index contributed by atoms with van der Waals surface area (Å²) in [6, 6.07) is -0.144. The Hall–Kier alpha value is -0.700. The molecule has 7 nitrogen and oxygen atoms in total. The van der Waals surface area contributed by atoms with Crippen LogP contribution in [0.3, 0.4) is 0 Å². The highest BCUT2D eigenvalue weighted by atomic mass is 32.2. The summed E-state index contributed by atoms with van der Waals surface area (Å²) in [5.41, 5.74) is 0. The van der Waals surface area contributed by atoms with Gasteiger partial charge < -0.3 is 9.84 Å². The molecule has 8 heteroatoms. The molecule has 0 aliphatic heterocycles. The Balaban J connectivity index is 2.44. The predicted octanol–water partition coefficient (Wildman–Crippen LogP) is -0.381. The van der Waals surface area contributed by atoms with Gasteiger partial charge in [-0.25, -0.2) is 0 Å². The van der Waals surface area contributed by atoms with Gasteiger partial charge in [0.05, 0.1) is 19.6 Å². The second-order valence-electron chi connectivity index (χ2n) is 4.78. The van der Waals surface area contributed by atoms with Crippen molar-refractivity contribution in [3.63, 3.8) is 0 Å². The molecular weight excluding hydrogens is 272 g/mol. The summed E-state index contributed by atoms with van der Waals surface area (Å²) in [6.07, 6.45) is 2.18. The maximum atomic E-state index is 12.0. The van der Waals surface area contributed by atoms with E-state index in [-0.39, 0.29) is 25.1 Å². The highest BCUT2D eigenvalue weighted by molar-refractivity contribution is 7.87. The smallest absolute Gasteiger partial charge is 0.306 e. The number of carbonyl (C=O) groups excluding carboxylic acids is 1. The van der Waals surface area contributed by atoms with Crippen LogP contribution in [0.4, 0.5) is 0 Å². The molecule has 0 aromatic rings. The van der Waals surface area contributed by atoms with Crippen molar-refractivity contribution >= 4 is 16.2 Å². The van der Waals surface area contributed by atoms with E-state index < -0.39 is 16.2 Å². The standard InChI is InChI=1S/C11H22N2O5S/c1-13(8-7-11(15)18-2)19(16,17)12-9-3-5-10(14)6-4-9/h9-10,12,14H,3-8H2,1-2H3. The van der Waals surface area contributed by atoms with Gasteiger partial charge in [0.25, 0.3) is 10.2 Å². The zero-order valence-corrected chi connectivity index (χ0v) is 12.1. The number of methoxy groups -OCH3 is 1. The molecule has 1 aliphatic carbocycles. The fraction of sp³-hybridized carbons (Fsp3) is 0.909. The SMILES string of the molecule is COC(=O)CCN(C)S(=O)(=O)NC1CCC(O)CC1. The molecule has 1 saturated carbocycles. The minimum absolute atomic E-state index is 0.0251. The van der Waals surface area contributed by atoms with Crippen molar-refractivity contribution in [1.82, 2.24) is 9.03 Å². The number of aliphatic hydroxyl groups is 1. The normalized spacial score (nSPS) is 24.4. The lowest BCUT2D eigenvalue weighted by molar-refractivity contribution is -0.140. The van der Waals surface area contributed by atoms with Crippen LogP contribution < -0.4 is 4.72 Å². The van der Waals surface area contributed by atoms with Crippen LogP contribution in [0.25, 0.3) is 0 Å². The molecule has 1 aliphatic rings. The Morgan fingerprint density at radius 2 is 1.95 bits per heavy atom. The lowest BCUT2D eigenvalue weighted by Gasteiger charge is -2.28. The molecule has 19 heavy (non-hydrogen) atoms. The van der Waals surface area contributed by atoms with Crippen LogP contribution in [-0.2, 0) is 19.7 Å². The molecule has 0 saturated heterocycles. The molecule has 0 unspecified atom stereocenters. The first kappa shape index (κ1) is 16.4. The van der Waals surface area contributed by atoms with Gasteiger partial charge in [-0.3, -0.25) is 4.79 Å². The van der Waals surface area contributed by atoms with Crippen LogP contribution in [0.15, 0.2) is 0 Å². The number of esters is 1. The fourth-order valence-corrected chi connectivity index (χ4v) is 3.13. The number of ether oxygens (including phenoxy) is 1. The minimum atomic E-state index is -3.59. The topological polar surface area (TPSA) is 95.9 Å². The van der Waals surface area contributed by atoms with E-state index >= 15 is 0 Å². The number of carbonyl (C=O) groups is 1. The molecule has 0 radical (unpaired) electrons. The first-order valence-electron chi connectivity index (χ1n) is 6.33. The average Bonchev–Trinajstić information content (AvgIpc) is 2.37.